The van der Waals surface area contributed by atoms with E-state index in [0.717, 1.165) is 4.47 Å². The van der Waals surface area contributed by atoms with Crippen LogP contribution in [0.2, 0.25) is 0 Å². The molecule has 0 radical (unpaired) electrons. The van der Waals surface area contributed by atoms with Crippen molar-refractivity contribution in [2.45, 2.75) is 13.0 Å². The summed E-state index contributed by atoms with van der Waals surface area (Å²) in [5.74, 6) is -0.712. The summed E-state index contributed by atoms with van der Waals surface area (Å²) in [5.41, 5.74) is 5.75. The molecule has 2 amide bonds. The number of primary amides is 1. The molecule has 1 atom stereocenters. The molecule has 0 saturated heterocycles. The standard InChI is InChI=1S/C11H14BrN3O2/c1-7(11(13)17)14-6-10(16)15-9-4-2-3-8(12)5-9/h2-5,7,14H,6H2,1H3,(H2,13,17)(H,15,16). The Morgan fingerprint density at radius 2 is 2.18 bits per heavy atom. The van der Waals surface area contributed by atoms with Gasteiger partial charge in [0.05, 0.1) is 12.6 Å². The second kappa shape index (κ2) is 6.36. The predicted octanol–water partition coefficient (Wildman–Crippen LogP) is 0.851. The lowest BCUT2D eigenvalue weighted by atomic mass is 10.3. The Hall–Kier alpha value is -1.40. The highest BCUT2D eigenvalue weighted by Crippen LogP contribution is 2.15. The molecular weight excluding hydrogens is 286 g/mol. The molecule has 1 rings (SSSR count). The van der Waals surface area contributed by atoms with Crippen LogP contribution in [0.1, 0.15) is 6.92 Å². The van der Waals surface area contributed by atoms with Crippen LogP contribution in [-0.4, -0.2) is 24.4 Å². The largest absolute Gasteiger partial charge is 0.368 e. The summed E-state index contributed by atoms with van der Waals surface area (Å²) in [6, 6.07) is 6.72. The fourth-order valence-corrected chi connectivity index (χ4v) is 1.52. The highest BCUT2D eigenvalue weighted by Gasteiger charge is 2.09. The third-order valence-electron chi connectivity index (χ3n) is 2.10. The van der Waals surface area contributed by atoms with E-state index in [1.165, 1.54) is 0 Å². The van der Waals surface area contributed by atoms with Crippen molar-refractivity contribution in [2.75, 3.05) is 11.9 Å². The van der Waals surface area contributed by atoms with Crippen LogP contribution in [0.25, 0.3) is 0 Å². The molecule has 17 heavy (non-hydrogen) atoms. The SMILES string of the molecule is CC(NCC(=O)Nc1cccc(Br)c1)C(N)=O. The maximum absolute atomic E-state index is 11.5. The molecule has 6 heteroatoms. The summed E-state index contributed by atoms with van der Waals surface area (Å²) < 4.78 is 0.883. The van der Waals surface area contributed by atoms with Gasteiger partial charge in [-0.05, 0) is 25.1 Å². The summed E-state index contributed by atoms with van der Waals surface area (Å²) >= 11 is 3.31. The van der Waals surface area contributed by atoms with Crippen molar-refractivity contribution in [3.05, 3.63) is 28.7 Å². The molecule has 0 spiro atoms. The van der Waals surface area contributed by atoms with E-state index >= 15 is 0 Å². The molecule has 0 aromatic heterocycles. The number of anilines is 1. The van der Waals surface area contributed by atoms with Gasteiger partial charge in [-0.3, -0.25) is 14.9 Å². The highest BCUT2D eigenvalue weighted by molar-refractivity contribution is 9.10. The third kappa shape index (κ3) is 4.97. The molecule has 0 aliphatic heterocycles. The Labute approximate surface area is 108 Å². The second-order valence-corrected chi connectivity index (χ2v) is 4.48. The van der Waals surface area contributed by atoms with E-state index in [4.69, 9.17) is 5.73 Å². The van der Waals surface area contributed by atoms with E-state index in [-0.39, 0.29) is 12.5 Å². The molecular formula is C11H14BrN3O2. The minimum Gasteiger partial charge on any atom is -0.368 e. The second-order valence-electron chi connectivity index (χ2n) is 3.56. The highest BCUT2D eigenvalue weighted by atomic mass is 79.9. The van der Waals surface area contributed by atoms with Crippen molar-refractivity contribution < 1.29 is 9.59 Å². The lowest BCUT2D eigenvalue weighted by Crippen LogP contribution is -2.42. The van der Waals surface area contributed by atoms with E-state index in [1.54, 1.807) is 19.1 Å². The Balaban J connectivity index is 2.42. The zero-order valence-electron chi connectivity index (χ0n) is 9.37. The summed E-state index contributed by atoms with van der Waals surface area (Å²) in [6.45, 7) is 1.64. The van der Waals surface area contributed by atoms with E-state index < -0.39 is 11.9 Å². The van der Waals surface area contributed by atoms with Gasteiger partial charge in [0.1, 0.15) is 0 Å². The van der Waals surface area contributed by atoms with Gasteiger partial charge in [0, 0.05) is 10.2 Å². The number of carbonyl (C=O) groups is 2. The Kier molecular flexibility index (Phi) is 5.11. The van der Waals surface area contributed by atoms with Gasteiger partial charge in [-0.1, -0.05) is 22.0 Å². The zero-order valence-corrected chi connectivity index (χ0v) is 11.0. The van der Waals surface area contributed by atoms with Gasteiger partial charge in [0.25, 0.3) is 0 Å². The fraction of sp³-hybridized carbons (Fsp3) is 0.273. The van der Waals surface area contributed by atoms with E-state index in [0.29, 0.717) is 5.69 Å². The number of hydrogen-bond donors (Lipinski definition) is 3. The van der Waals surface area contributed by atoms with Crippen molar-refractivity contribution >= 4 is 33.4 Å². The first-order chi connectivity index (χ1) is 7.99. The number of rotatable bonds is 5. The van der Waals surface area contributed by atoms with Crippen molar-refractivity contribution in [3.63, 3.8) is 0 Å². The van der Waals surface area contributed by atoms with Crippen LogP contribution in [-0.2, 0) is 9.59 Å². The maximum atomic E-state index is 11.5. The smallest absolute Gasteiger partial charge is 0.238 e. The van der Waals surface area contributed by atoms with E-state index in [2.05, 4.69) is 26.6 Å². The van der Waals surface area contributed by atoms with Crippen LogP contribution in [0.4, 0.5) is 5.69 Å². The Morgan fingerprint density at radius 3 is 2.76 bits per heavy atom. The molecule has 1 unspecified atom stereocenters. The van der Waals surface area contributed by atoms with Gasteiger partial charge in [-0.25, -0.2) is 0 Å². The summed E-state index contributed by atoms with van der Waals surface area (Å²) in [7, 11) is 0. The lowest BCUT2D eigenvalue weighted by molar-refractivity contribution is -0.120. The number of nitrogens with two attached hydrogens (primary N) is 1. The monoisotopic (exact) mass is 299 g/mol. The predicted molar refractivity (Wildman–Crippen MR) is 69.4 cm³/mol. The van der Waals surface area contributed by atoms with E-state index in [1.807, 2.05) is 12.1 Å². The number of amides is 2. The molecule has 0 heterocycles. The molecule has 0 bridgehead atoms. The topological polar surface area (TPSA) is 84.2 Å². The van der Waals surface area contributed by atoms with Crippen LogP contribution in [0.3, 0.4) is 0 Å². The van der Waals surface area contributed by atoms with Gasteiger partial charge < -0.3 is 11.1 Å². The summed E-state index contributed by atoms with van der Waals surface area (Å²) in [6.07, 6.45) is 0. The third-order valence-corrected chi connectivity index (χ3v) is 2.60. The van der Waals surface area contributed by atoms with Crippen molar-refractivity contribution in [1.82, 2.24) is 5.32 Å². The van der Waals surface area contributed by atoms with Crippen LogP contribution in [0.15, 0.2) is 28.7 Å². The number of carbonyl (C=O) groups excluding carboxylic acids is 2. The van der Waals surface area contributed by atoms with Gasteiger partial charge in [-0.2, -0.15) is 0 Å². The summed E-state index contributed by atoms with van der Waals surface area (Å²) in [4.78, 5) is 22.2. The summed E-state index contributed by atoms with van der Waals surface area (Å²) in [5, 5.41) is 5.41. The lowest BCUT2D eigenvalue weighted by Gasteiger charge is -2.10. The molecule has 1 aromatic rings. The molecule has 4 N–H and O–H groups in total. The van der Waals surface area contributed by atoms with E-state index in [9.17, 15) is 9.59 Å². The minimum atomic E-state index is -0.525. The molecule has 0 aliphatic rings. The molecule has 92 valence electrons. The molecule has 5 nitrogen and oxygen atoms in total. The minimum absolute atomic E-state index is 0.0383. The van der Waals surface area contributed by atoms with Crippen molar-refractivity contribution in [3.8, 4) is 0 Å². The average molecular weight is 300 g/mol. The number of nitrogens with one attached hydrogen (secondary N) is 2. The number of benzene rings is 1. The zero-order chi connectivity index (χ0) is 12.8. The molecule has 1 aromatic carbocycles. The van der Waals surface area contributed by atoms with Gasteiger partial charge in [0.2, 0.25) is 11.8 Å². The van der Waals surface area contributed by atoms with Crippen molar-refractivity contribution in [1.29, 1.82) is 0 Å². The first-order valence-corrected chi connectivity index (χ1v) is 5.86. The average Bonchev–Trinajstić information content (AvgIpc) is 2.25. The normalized spacial score (nSPS) is 11.9. The van der Waals surface area contributed by atoms with Crippen LogP contribution >= 0.6 is 15.9 Å². The first kappa shape index (κ1) is 13.7. The van der Waals surface area contributed by atoms with Gasteiger partial charge in [0.15, 0.2) is 0 Å². The Morgan fingerprint density at radius 1 is 1.47 bits per heavy atom. The first-order valence-electron chi connectivity index (χ1n) is 5.07. The van der Waals surface area contributed by atoms with Crippen LogP contribution < -0.4 is 16.4 Å². The molecule has 0 saturated carbocycles. The molecule has 0 aliphatic carbocycles. The number of halogens is 1. The van der Waals surface area contributed by atoms with Crippen LogP contribution in [0.5, 0.6) is 0 Å². The maximum Gasteiger partial charge on any atom is 0.238 e. The Bertz CT molecular complexity index is 423. The van der Waals surface area contributed by atoms with Crippen molar-refractivity contribution in [2.24, 2.45) is 5.73 Å². The fourth-order valence-electron chi connectivity index (χ4n) is 1.12. The van der Waals surface area contributed by atoms with Gasteiger partial charge in [-0.15, -0.1) is 0 Å². The van der Waals surface area contributed by atoms with Gasteiger partial charge >= 0.3 is 0 Å². The quantitative estimate of drug-likeness (QED) is 0.754. The number of hydrogen-bond acceptors (Lipinski definition) is 3. The van der Waals surface area contributed by atoms with Crippen LogP contribution in [0, 0.1) is 0 Å². The molecule has 0 fully saturated rings.